The van der Waals surface area contributed by atoms with Gasteiger partial charge < -0.3 is 24.8 Å². The number of rotatable bonds is 9. The quantitative estimate of drug-likeness (QED) is 0.610. The Kier molecular flexibility index (Phi) is 6.34. The second-order valence-corrected chi connectivity index (χ2v) is 9.20. The molecule has 1 aromatic heterocycles. The molecule has 6 nitrogen and oxygen atoms in total. The van der Waals surface area contributed by atoms with E-state index in [0.717, 1.165) is 66.0 Å². The summed E-state index contributed by atoms with van der Waals surface area (Å²) in [6.45, 7) is 8.31. The van der Waals surface area contributed by atoms with Crippen LogP contribution in [0.5, 0.6) is 11.5 Å². The summed E-state index contributed by atoms with van der Waals surface area (Å²) < 4.78 is 11.8. The highest BCUT2D eigenvalue weighted by Gasteiger charge is 2.23. The summed E-state index contributed by atoms with van der Waals surface area (Å²) in [6.07, 6.45) is 6.78. The Hall–Kier alpha value is -2.05. The Morgan fingerprint density at radius 2 is 1.93 bits per heavy atom. The normalized spacial score (nSPS) is 16.8. The van der Waals surface area contributed by atoms with E-state index >= 15 is 0 Å². The Bertz CT molecular complexity index is 886. The summed E-state index contributed by atoms with van der Waals surface area (Å²) in [7, 11) is 1.68. The van der Waals surface area contributed by atoms with Crippen molar-refractivity contribution in [2.45, 2.75) is 58.0 Å². The summed E-state index contributed by atoms with van der Waals surface area (Å²) in [6, 6.07) is 4.04. The summed E-state index contributed by atoms with van der Waals surface area (Å²) in [5.41, 5.74) is 3.64. The highest BCUT2D eigenvalue weighted by molar-refractivity contribution is 5.96. The standard InChI is InChI=1S/C24H35N3O3/c1-24(2,28)16-25-23-17-8-6-9-19(17)26-20-15-22(21(29-3)14-18(20)23)30-13-7-12-27-10-4-5-11-27/h14-15,28H,4-13,16H2,1-3H3,(H,25,26). The summed E-state index contributed by atoms with van der Waals surface area (Å²) in [4.78, 5) is 7.45. The first-order valence-corrected chi connectivity index (χ1v) is 11.3. The first-order valence-electron chi connectivity index (χ1n) is 11.3. The zero-order valence-electron chi connectivity index (χ0n) is 18.6. The lowest BCUT2D eigenvalue weighted by atomic mass is 10.0. The third kappa shape index (κ3) is 4.81. The lowest BCUT2D eigenvalue weighted by Crippen LogP contribution is -2.29. The number of hydrogen-bond acceptors (Lipinski definition) is 6. The fraction of sp³-hybridized carbons (Fsp3) is 0.625. The number of aliphatic hydroxyl groups is 1. The SMILES string of the molecule is COc1cc2c(NCC(C)(C)O)c3c(nc2cc1OCCCN1CCCC1)CCC3. The number of anilines is 1. The molecule has 0 saturated carbocycles. The van der Waals surface area contributed by atoms with E-state index in [1.807, 2.05) is 26.0 Å². The van der Waals surface area contributed by atoms with E-state index in [9.17, 15) is 5.11 Å². The van der Waals surface area contributed by atoms with Crippen molar-refractivity contribution in [2.24, 2.45) is 0 Å². The average molecular weight is 414 g/mol. The molecular formula is C24H35N3O3. The Balaban J connectivity index is 1.57. The minimum absolute atomic E-state index is 0.482. The lowest BCUT2D eigenvalue weighted by Gasteiger charge is -2.22. The molecule has 2 heterocycles. The molecule has 2 aliphatic rings. The highest BCUT2D eigenvalue weighted by Crippen LogP contribution is 2.39. The molecule has 2 aromatic rings. The van der Waals surface area contributed by atoms with Gasteiger partial charge in [-0.1, -0.05) is 0 Å². The monoisotopic (exact) mass is 413 g/mol. The molecule has 1 fully saturated rings. The molecule has 0 unspecified atom stereocenters. The number of hydrogen-bond donors (Lipinski definition) is 2. The molecule has 0 atom stereocenters. The molecule has 1 aliphatic carbocycles. The lowest BCUT2D eigenvalue weighted by molar-refractivity contribution is 0.0945. The minimum atomic E-state index is -0.788. The van der Waals surface area contributed by atoms with Crippen molar-refractivity contribution in [3.63, 3.8) is 0 Å². The minimum Gasteiger partial charge on any atom is -0.493 e. The second-order valence-electron chi connectivity index (χ2n) is 9.20. The van der Waals surface area contributed by atoms with Crippen molar-refractivity contribution in [1.29, 1.82) is 0 Å². The molecule has 1 aliphatic heterocycles. The fourth-order valence-electron chi connectivity index (χ4n) is 4.53. The molecule has 0 amide bonds. The number of pyridine rings is 1. The number of nitrogens with one attached hydrogen (secondary N) is 1. The zero-order chi connectivity index (χ0) is 21.1. The van der Waals surface area contributed by atoms with Gasteiger partial charge in [-0.3, -0.25) is 4.98 Å². The number of nitrogens with zero attached hydrogens (tertiary/aromatic N) is 2. The van der Waals surface area contributed by atoms with Crippen LogP contribution in [0, 0.1) is 0 Å². The molecular weight excluding hydrogens is 378 g/mol. The van der Waals surface area contributed by atoms with Gasteiger partial charge in [0.05, 0.1) is 24.8 Å². The zero-order valence-corrected chi connectivity index (χ0v) is 18.6. The van der Waals surface area contributed by atoms with Crippen molar-refractivity contribution in [3.05, 3.63) is 23.4 Å². The molecule has 4 rings (SSSR count). The maximum absolute atomic E-state index is 10.2. The third-order valence-electron chi connectivity index (χ3n) is 6.07. The highest BCUT2D eigenvalue weighted by atomic mass is 16.5. The predicted octanol–water partition coefficient (Wildman–Crippen LogP) is 3.78. The molecule has 1 saturated heterocycles. The summed E-state index contributed by atoms with van der Waals surface area (Å²) in [5, 5.41) is 14.7. The fourth-order valence-corrected chi connectivity index (χ4v) is 4.53. The topological polar surface area (TPSA) is 66.8 Å². The van der Waals surface area contributed by atoms with Crippen LogP contribution >= 0.6 is 0 Å². The van der Waals surface area contributed by atoms with E-state index in [0.29, 0.717) is 13.2 Å². The van der Waals surface area contributed by atoms with Crippen LogP contribution in [0.1, 0.15) is 50.8 Å². The second kappa shape index (κ2) is 8.98. The molecule has 6 heteroatoms. The van der Waals surface area contributed by atoms with Gasteiger partial charge in [0.25, 0.3) is 0 Å². The van der Waals surface area contributed by atoms with Crippen LogP contribution < -0.4 is 14.8 Å². The maximum Gasteiger partial charge on any atom is 0.163 e. The van der Waals surface area contributed by atoms with Gasteiger partial charge in [0.2, 0.25) is 0 Å². The summed E-state index contributed by atoms with van der Waals surface area (Å²) in [5.74, 6) is 1.49. The van der Waals surface area contributed by atoms with Gasteiger partial charge in [0.1, 0.15) is 0 Å². The Morgan fingerprint density at radius 1 is 1.13 bits per heavy atom. The van der Waals surface area contributed by atoms with Crippen LogP contribution in [0.3, 0.4) is 0 Å². The third-order valence-corrected chi connectivity index (χ3v) is 6.07. The largest absolute Gasteiger partial charge is 0.493 e. The number of ether oxygens (including phenoxy) is 2. The molecule has 0 radical (unpaired) electrons. The molecule has 164 valence electrons. The number of benzene rings is 1. The molecule has 0 spiro atoms. The molecule has 30 heavy (non-hydrogen) atoms. The van der Waals surface area contributed by atoms with Crippen molar-refractivity contribution in [1.82, 2.24) is 9.88 Å². The van der Waals surface area contributed by atoms with Crippen molar-refractivity contribution in [3.8, 4) is 11.5 Å². The number of fused-ring (bicyclic) bond motifs is 2. The van der Waals surface area contributed by atoms with Crippen LogP contribution in [-0.4, -0.2) is 60.5 Å². The maximum atomic E-state index is 10.2. The van der Waals surface area contributed by atoms with E-state index in [1.165, 1.54) is 31.5 Å². The van der Waals surface area contributed by atoms with Crippen molar-refractivity contribution < 1.29 is 14.6 Å². The van der Waals surface area contributed by atoms with Crippen LogP contribution in [0.2, 0.25) is 0 Å². The van der Waals surface area contributed by atoms with Crippen LogP contribution in [-0.2, 0) is 12.8 Å². The van der Waals surface area contributed by atoms with Gasteiger partial charge >= 0.3 is 0 Å². The Labute approximate surface area is 179 Å². The summed E-state index contributed by atoms with van der Waals surface area (Å²) >= 11 is 0. The van der Waals surface area contributed by atoms with E-state index in [-0.39, 0.29) is 0 Å². The van der Waals surface area contributed by atoms with Gasteiger partial charge in [0.15, 0.2) is 11.5 Å². The number of aryl methyl sites for hydroxylation is 1. The molecule has 0 bridgehead atoms. The van der Waals surface area contributed by atoms with Crippen LogP contribution in [0.15, 0.2) is 12.1 Å². The van der Waals surface area contributed by atoms with E-state index in [4.69, 9.17) is 14.5 Å². The van der Waals surface area contributed by atoms with Crippen LogP contribution in [0.25, 0.3) is 10.9 Å². The number of methoxy groups -OCH3 is 1. The molecule has 1 aromatic carbocycles. The number of likely N-dealkylation sites (tertiary alicyclic amines) is 1. The van der Waals surface area contributed by atoms with Gasteiger partial charge in [-0.05, 0) is 77.1 Å². The Morgan fingerprint density at radius 3 is 2.67 bits per heavy atom. The van der Waals surface area contributed by atoms with Gasteiger partial charge in [0, 0.05) is 35.9 Å². The first kappa shape index (κ1) is 21.2. The van der Waals surface area contributed by atoms with E-state index in [2.05, 4.69) is 10.2 Å². The van der Waals surface area contributed by atoms with Crippen molar-refractivity contribution in [2.75, 3.05) is 45.2 Å². The predicted molar refractivity (Wildman–Crippen MR) is 121 cm³/mol. The average Bonchev–Trinajstić information content (AvgIpc) is 3.39. The number of aromatic nitrogens is 1. The van der Waals surface area contributed by atoms with Gasteiger partial charge in [-0.2, -0.15) is 0 Å². The van der Waals surface area contributed by atoms with Crippen molar-refractivity contribution >= 4 is 16.6 Å². The van der Waals surface area contributed by atoms with Gasteiger partial charge in [-0.25, -0.2) is 0 Å². The molecule has 2 N–H and O–H groups in total. The van der Waals surface area contributed by atoms with Crippen LogP contribution in [0.4, 0.5) is 5.69 Å². The smallest absolute Gasteiger partial charge is 0.163 e. The van der Waals surface area contributed by atoms with E-state index in [1.54, 1.807) is 7.11 Å². The van der Waals surface area contributed by atoms with E-state index < -0.39 is 5.60 Å². The van der Waals surface area contributed by atoms with Gasteiger partial charge in [-0.15, -0.1) is 0 Å². The first-order chi connectivity index (χ1) is 14.4.